The average molecular weight is 330 g/mol. The first-order valence-corrected chi connectivity index (χ1v) is 8.57. The van der Waals surface area contributed by atoms with Crippen LogP contribution in [0.15, 0.2) is 23.1 Å². The van der Waals surface area contributed by atoms with Crippen LogP contribution >= 0.6 is 0 Å². The Bertz CT molecular complexity index is 719. The predicted molar refractivity (Wildman–Crippen MR) is 85.4 cm³/mol. The Morgan fingerprint density at radius 1 is 1.42 bits per heavy atom. The van der Waals surface area contributed by atoms with Gasteiger partial charge in [-0.1, -0.05) is 5.16 Å². The summed E-state index contributed by atoms with van der Waals surface area (Å²) in [5.74, 6) is 1.44. The lowest BCUT2D eigenvalue weighted by Crippen LogP contribution is -2.35. The fraction of sp³-hybridized carbons (Fsp3) is 0.588. The summed E-state index contributed by atoms with van der Waals surface area (Å²) in [6, 6.07) is 1.81. The maximum Gasteiger partial charge on any atom is 0.276 e. The summed E-state index contributed by atoms with van der Waals surface area (Å²) in [7, 11) is 0. The van der Waals surface area contributed by atoms with Crippen molar-refractivity contribution in [2.24, 2.45) is 5.92 Å². The third-order valence-corrected chi connectivity index (χ3v) is 4.66. The summed E-state index contributed by atoms with van der Waals surface area (Å²) in [4.78, 5) is 18.9. The van der Waals surface area contributed by atoms with Gasteiger partial charge in [-0.2, -0.15) is 0 Å². The molecule has 3 heterocycles. The van der Waals surface area contributed by atoms with E-state index in [0.717, 1.165) is 30.8 Å². The monoisotopic (exact) mass is 330 g/mol. The Balaban J connectivity index is 1.54. The number of hydrogen-bond acceptors (Lipinski definition) is 5. The maximum absolute atomic E-state index is 12.9. The van der Waals surface area contributed by atoms with Crippen LogP contribution in [0.2, 0.25) is 0 Å². The standard InChI is InChI=1S/C17H22N4O3/c1-2-23-10-12-7-20(9-14-6-18-11-21(14)8-12)17(22)15-5-16(24-19-15)13-3-4-13/h5-6,11-13H,2-4,7-10H2,1H3/t12-/m0/s1. The predicted octanol–water partition coefficient (Wildman–Crippen LogP) is 2.06. The van der Waals surface area contributed by atoms with E-state index in [1.54, 1.807) is 6.07 Å². The molecule has 1 atom stereocenters. The van der Waals surface area contributed by atoms with Gasteiger partial charge in [0.2, 0.25) is 0 Å². The molecule has 0 saturated heterocycles. The molecule has 1 amide bonds. The van der Waals surface area contributed by atoms with E-state index in [-0.39, 0.29) is 11.8 Å². The number of imidazole rings is 1. The lowest BCUT2D eigenvalue weighted by atomic mass is 10.1. The topological polar surface area (TPSA) is 73.4 Å². The van der Waals surface area contributed by atoms with Crippen molar-refractivity contribution in [2.75, 3.05) is 19.8 Å². The van der Waals surface area contributed by atoms with Crippen molar-refractivity contribution in [3.05, 3.63) is 35.7 Å². The molecule has 0 radical (unpaired) electrons. The van der Waals surface area contributed by atoms with Crippen molar-refractivity contribution in [2.45, 2.75) is 38.8 Å². The fourth-order valence-corrected chi connectivity index (χ4v) is 3.21. The summed E-state index contributed by atoms with van der Waals surface area (Å²) in [6.07, 6.45) is 5.90. The Morgan fingerprint density at radius 3 is 3.08 bits per heavy atom. The van der Waals surface area contributed by atoms with Crippen molar-refractivity contribution >= 4 is 5.91 Å². The SMILES string of the molecule is CCOC[C@H]1CN(C(=O)c2cc(C3CC3)on2)Cc2cncn2C1. The average Bonchev–Trinajstić information content (AvgIpc) is 3.22. The van der Waals surface area contributed by atoms with E-state index in [1.807, 2.05) is 24.3 Å². The van der Waals surface area contributed by atoms with Crippen molar-refractivity contribution in [1.82, 2.24) is 19.6 Å². The number of nitrogens with zero attached hydrogens (tertiary/aromatic N) is 4. The van der Waals surface area contributed by atoms with Crippen LogP contribution in [0.3, 0.4) is 0 Å². The molecule has 7 nitrogen and oxygen atoms in total. The van der Waals surface area contributed by atoms with Crippen molar-refractivity contribution in [3.8, 4) is 0 Å². The second-order valence-corrected chi connectivity index (χ2v) is 6.64. The van der Waals surface area contributed by atoms with Crippen LogP contribution in [-0.2, 0) is 17.8 Å². The number of carbonyl (C=O) groups excluding carboxylic acids is 1. The van der Waals surface area contributed by atoms with Gasteiger partial charge >= 0.3 is 0 Å². The van der Waals surface area contributed by atoms with Gasteiger partial charge in [-0.3, -0.25) is 4.79 Å². The van der Waals surface area contributed by atoms with E-state index in [2.05, 4.69) is 14.7 Å². The number of fused-ring (bicyclic) bond motifs is 1. The molecule has 2 aromatic rings. The summed E-state index contributed by atoms with van der Waals surface area (Å²) in [5.41, 5.74) is 1.44. The molecular formula is C17H22N4O3. The van der Waals surface area contributed by atoms with Crippen molar-refractivity contribution < 1.29 is 14.1 Å². The van der Waals surface area contributed by atoms with Crippen LogP contribution < -0.4 is 0 Å². The molecule has 0 aromatic carbocycles. The molecule has 128 valence electrons. The lowest BCUT2D eigenvalue weighted by molar-refractivity contribution is 0.0611. The van der Waals surface area contributed by atoms with Gasteiger partial charge in [-0.25, -0.2) is 4.98 Å². The zero-order chi connectivity index (χ0) is 16.5. The molecular weight excluding hydrogens is 308 g/mol. The molecule has 0 N–H and O–H groups in total. The van der Waals surface area contributed by atoms with Gasteiger partial charge < -0.3 is 18.7 Å². The van der Waals surface area contributed by atoms with Crippen LogP contribution in [-0.4, -0.2) is 45.3 Å². The highest BCUT2D eigenvalue weighted by molar-refractivity contribution is 5.92. The molecule has 2 aromatic heterocycles. The molecule has 24 heavy (non-hydrogen) atoms. The first-order chi connectivity index (χ1) is 11.7. The van der Waals surface area contributed by atoms with Crippen molar-refractivity contribution in [1.29, 1.82) is 0 Å². The van der Waals surface area contributed by atoms with E-state index in [9.17, 15) is 4.79 Å². The highest BCUT2D eigenvalue weighted by Crippen LogP contribution is 2.40. The minimum Gasteiger partial charge on any atom is -0.381 e. The van der Waals surface area contributed by atoms with Crippen LogP contribution in [0.1, 0.15) is 47.6 Å². The van der Waals surface area contributed by atoms with E-state index < -0.39 is 0 Å². The summed E-state index contributed by atoms with van der Waals surface area (Å²) >= 11 is 0. The van der Waals surface area contributed by atoms with Crippen molar-refractivity contribution in [3.63, 3.8) is 0 Å². The highest BCUT2D eigenvalue weighted by atomic mass is 16.5. The third-order valence-electron chi connectivity index (χ3n) is 4.66. The molecule has 1 aliphatic carbocycles. The normalized spacial score (nSPS) is 20.7. The van der Waals surface area contributed by atoms with E-state index in [0.29, 0.717) is 37.9 Å². The molecule has 1 saturated carbocycles. The second kappa shape index (κ2) is 6.39. The smallest absolute Gasteiger partial charge is 0.276 e. The summed E-state index contributed by atoms with van der Waals surface area (Å²) in [5, 5.41) is 3.99. The Kier molecular flexibility index (Phi) is 4.10. The first kappa shape index (κ1) is 15.4. The van der Waals surface area contributed by atoms with Gasteiger partial charge in [0.05, 0.1) is 25.2 Å². The third kappa shape index (κ3) is 3.08. The van der Waals surface area contributed by atoms with Gasteiger partial charge in [0, 0.05) is 43.8 Å². The molecule has 7 heteroatoms. The van der Waals surface area contributed by atoms with Gasteiger partial charge in [-0.05, 0) is 19.8 Å². The molecule has 2 aliphatic rings. The molecule has 0 unspecified atom stereocenters. The molecule has 0 bridgehead atoms. The Hall–Kier alpha value is -2.15. The molecule has 1 fully saturated rings. The lowest BCUT2D eigenvalue weighted by Gasteiger charge is -2.23. The minimum absolute atomic E-state index is 0.0817. The van der Waals surface area contributed by atoms with E-state index >= 15 is 0 Å². The highest BCUT2D eigenvalue weighted by Gasteiger charge is 2.31. The first-order valence-electron chi connectivity index (χ1n) is 8.57. The van der Waals surface area contributed by atoms with Crippen LogP contribution in [0.5, 0.6) is 0 Å². The number of ether oxygens (including phenoxy) is 1. The zero-order valence-corrected chi connectivity index (χ0v) is 13.9. The maximum atomic E-state index is 12.9. The fourth-order valence-electron chi connectivity index (χ4n) is 3.21. The van der Waals surface area contributed by atoms with Gasteiger partial charge in [0.25, 0.3) is 5.91 Å². The minimum atomic E-state index is -0.0817. The molecule has 4 rings (SSSR count). The summed E-state index contributed by atoms with van der Waals surface area (Å²) < 4.78 is 13.0. The van der Waals surface area contributed by atoms with Crippen LogP contribution in [0.4, 0.5) is 0 Å². The number of rotatable bonds is 5. The van der Waals surface area contributed by atoms with Gasteiger partial charge in [-0.15, -0.1) is 0 Å². The largest absolute Gasteiger partial charge is 0.381 e. The van der Waals surface area contributed by atoms with Crippen LogP contribution in [0, 0.1) is 5.92 Å². The summed E-state index contributed by atoms with van der Waals surface area (Å²) in [6.45, 7) is 5.28. The number of hydrogen-bond donors (Lipinski definition) is 0. The quantitative estimate of drug-likeness (QED) is 0.839. The van der Waals surface area contributed by atoms with Gasteiger partial charge in [0.1, 0.15) is 5.76 Å². The zero-order valence-electron chi connectivity index (χ0n) is 13.9. The van der Waals surface area contributed by atoms with Gasteiger partial charge in [0.15, 0.2) is 5.69 Å². The van der Waals surface area contributed by atoms with E-state index in [1.165, 1.54) is 0 Å². The second-order valence-electron chi connectivity index (χ2n) is 6.64. The number of amides is 1. The number of carbonyl (C=O) groups is 1. The Labute approximate surface area is 140 Å². The van der Waals surface area contributed by atoms with E-state index in [4.69, 9.17) is 9.26 Å². The van der Waals surface area contributed by atoms with Crippen LogP contribution in [0.25, 0.3) is 0 Å². The molecule has 1 aliphatic heterocycles. The molecule has 0 spiro atoms. The Morgan fingerprint density at radius 2 is 2.29 bits per heavy atom. The number of aromatic nitrogens is 3.